The molecule has 0 radical (unpaired) electrons. The molecule has 1 saturated carbocycles. The molecule has 0 bridgehead atoms. The van der Waals surface area contributed by atoms with Crippen molar-refractivity contribution in [2.24, 2.45) is 5.73 Å². The van der Waals surface area contributed by atoms with E-state index in [9.17, 15) is 18.3 Å². The number of hydrogen-bond acceptors (Lipinski definition) is 4. The SMILES string of the molecule is N[C@@]1(C(=O)O)[C@H](S(=O)(=O)c2ccccc2)[C@@H]1c1ccccc1. The Balaban J connectivity index is 2.08. The van der Waals surface area contributed by atoms with Crippen LogP contribution < -0.4 is 5.73 Å². The van der Waals surface area contributed by atoms with Crippen molar-refractivity contribution >= 4 is 15.8 Å². The van der Waals surface area contributed by atoms with Crippen LogP contribution in [0, 0.1) is 0 Å². The Morgan fingerprint density at radius 2 is 1.50 bits per heavy atom. The lowest BCUT2D eigenvalue weighted by atomic mass is 10.1. The molecule has 1 aliphatic rings. The average Bonchev–Trinajstić information content (AvgIpc) is 3.18. The lowest BCUT2D eigenvalue weighted by molar-refractivity contribution is -0.139. The van der Waals surface area contributed by atoms with Crippen LogP contribution in [0.4, 0.5) is 0 Å². The van der Waals surface area contributed by atoms with Crippen molar-refractivity contribution in [1.82, 2.24) is 0 Å². The lowest BCUT2D eigenvalue weighted by Crippen LogP contribution is -2.39. The van der Waals surface area contributed by atoms with Crippen LogP contribution in [0.2, 0.25) is 0 Å². The van der Waals surface area contributed by atoms with Crippen LogP contribution in [-0.4, -0.2) is 30.3 Å². The number of rotatable bonds is 4. The van der Waals surface area contributed by atoms with E-state index < -0.39 is 32.5 Å². The third-order valence-electron chi connectivity index (χ3n) is 4.11. The molecule has 2 aromatic carbocycles. The summed E-state index contributed by atoms with van der Waals surface area (Å²) in [6.07, 6.45) is 0. The average molecular weight is 317 g/mol. The number of aliphatic carboxylic acids is 1. The molecule has 0 aromatic heterocycles. The van der Waals surface area contributed by atoms with Gasteiger partial charge in [-0.15, -0.1) is 0 Å². The topological polar surface area (TPSA) is 97.5 Å². The molecule has 0 unspecified atom stereocenters. The summed E-state index contributed by atoms with van der Waals surface area (Å²) in [7, 11) is -3.82. The van der Waals surface area contributed by atoms with E-state index in [-0.39, 0.29) is 4.90 Å². The maximum absolute atomic E-state index is 12.8. The van der Waals surface area contributed by atoms with Gasteiger partial charge in [0.2, 0.25) is 0 Å². The Labute approximate surface area is 128 Å². The van der Waals surface area contributed by atoms with Gasteiger partial charge in [-0.1, -0.05) is 48.5 Å². The van der Waals surface area contributed by atoms with Gasteiger partial charge in [-0.25, -0.2) is 8.42 Å². The molecule has 0 saturated heterocycles. The summed E-state index contributed by atoms with van der Waals surface area (Å²) in [6, 6.07) is 16.5. The number of carbonyl (C=O) groups is 1. The Bertz CT molecular complexity index is 805. The monoisotopic (exact) mass is 317 g/mol. The summed E-state index contributed by atoms with van der Waals surface area (Å²) < 4.78 is 25.5. The van der Waals surface area contributed by atoms with Gasteiger partial charge in [0.05, 0.1) is 4.90 Å². The predicted molar refractivity (Wildman–Crippen MR) is 81.2 cm³/mol. The largest absolute Gasteiger partial charge is 0.480 e. The second-order valence-corrected chi connectivity index (χ2v) is 7.47. The maximum atomic E-state index is 12.8. The predicted octanol–water partition coefficient (Wildman–Crippen LogP) is 1.41. The summed E-state index contributed by atoms with van der Waals surface area (Å²) in [5.74, 6) is -2.05. The minimum Gasteiger partial charge on any atom is -0.480 e. The molecule has 2 aromatic rings. The van der Waals surface area contributed by atoms with E-state index in [0.717, 1.165) is 0 Å². The van der Waals surface area contributed by atoms with Gasteiger partial charge in [0.25, 0.3) is 0 Å². The molecule has 0 heterocycles. The van der Waals surface area contributed by atoms with Crippen molar-refractivity contribution in [3.63, 3.8) is 0 Å². The fraction of sp³-hybridized carbons (Fsp3) is 0.188. The molecule has 6 heteroatoms. The van der Waals surface area contributed by atoms with Gasteiger partial charge in [-0.05, 0) is 17.7 Å². The number of carboxylic acid groups (broad SMARTS) is 1. The van der Waals surface area contributed by atoms with Crippen molar-refractivity contribution in [3.8, 4) is 0 Å². The summed E-state index contributed by atoms with van der Waals surface area (Å²) in [4.78, 5) is 11.7. The molecule has 0 amide bonds. The second-order valence-electron chi connectivity index (χ2n) is 5.41. The maximum Gasteiger partial charge on any atom is 0.325 e. The highest BCUT2D eigenvalue weighted by atomic mass is 32.2. The molecule has 0 aliphatic heterocycles. The Hall–Kier alpha value is -2.18. The van der Waals surface area contributed by atoms with Crippen molar-refractivity contribution in [2.45, 2.75) is 21.6 Å². The van der Waals surface area contributed by atoms with E-state index in [1.54, 1.807) is 48.5 Å². The van der Waals surface area contributed by atoms with Gasteiger partial charge in [-0.2, -0.15) is 0 Å². The van der Waals surface area contributed by atoms with E-state index in [2.05, 4.69) is 0 Å². The van der Waals surface area contributed by atoms with Gasteiger partial charge in [0.15, 0.2) is 9.84 Å². The molecular weight excluding hydrogens is 302 g/mol. The van der Waals surface area contributed by atoms with Crippen LogP contribution in [0.3, 0.4) is 0 Å². The summed E-state index contributed by atoms with van der Waals surface area (Å²) in [5, 5.41) is 8.27. The highest BCUT2D eigenvalue weighted by molar-refractivity contribution is 7.92. The zero-order chi connectivity index (χ0) is 16.0. The number of benzene rings is 2. The highest BCUT2D eigenvalue weighted by Gasteiger charge is 2.74. The van der Waals surface area contributed by atoms with Crippen LogP contribution in [0.1, 0.15) is 11.5 Å². The van der Waals surface area contributed by atoms with Crippen molar-refractivity contribution in [3.05, 3.63) is 66.2 Å². The van der Waals surface area contributed by atoms with Gasteiger partial charge in [0, 0.05) is 5.92 Å². The molecule has 1 fully saturated rings. The molecule has 22 heavy (non-hydrogen) atoms. The van der Waals surface area contributed by atoms with Gasteiger partial charge >= 0.3 is 5.97 Å². The third kappa shape index (κ3) is 2.03. The molecule has 3 rings (SSSR count). The van der Waals surface area contributed by atoms with Gasteiger partial charge in [-0.3, -0.25) is 4.79 Å². The van der Waals surface area contributed by atoms with E-state index in [4.69, 9.17) is 5.73 Å². The van der Waals surface area contributed by atoms with E-state index in [0.29, 0.717) is 5.56 Å². The number of nitrogens with two attached hydrogens (primary N) is 1. The first-order valence-electron chi connectivity index (χ1n) is 6.76. The van der Waals surface area contributed by atoms with Crippen LogP contribution in [-0.2, 0) is 14.6 Å². The van der Waals surface area contributed by atoms with E-state index in [1.165, 1.54) is 12.1 Å². The Kier molecular flexibility index (Phi) is 3.30. The fourth-order valence-electron chi connectivity index (χ4n) is 2.93. The summed E-state index contributed by atoms with van der Waals surface area (Å²) >= 11 is 0. The molecule has 1 aliphatic carbocycles. The first kappa shape index (κ1) is 14.7. The van der Waals surface area contributed by atoms with Crippen LogP contribution in [0.25, 0.3) is 0 Å². The molecular formula is C16H15NO4S. The zero-order valence-electron chi connectivity index (χ0n) is 11.6. The van der Waals surface area contributed by atoms with Crippen LogP contribution >= 0.6 is 0 Å². The highest BCUT2D eigenvalue weighted by Crippen LogP contribution is 2.55. The fourth-order valence-corrected chi connectivity index (χ4v) is 5.19. The molecule has 3 N–H and O–H groups in total. The Morgan fingerprint density at radius 3 is 2.00 bits per heavy atom. The summed E-state index contributed by atoms with van der Waals surface area (Å²) in [5.41, 5.74) is 4.78. The quantitative estimate of drug-likeness (QED) is 0.888. The van der Waals surface area contributed by atoms with E-state index in [1.807, 2.05) is 0 Å². The first-order valence-corrected chi connectivity index (χ1v) is 8.31. The van der Waals surface area contributed by atoms with Gasteiger partial charge < -0.3 is 10.8 Å². The minimum atomic E-state index is -3.82. The molecule has 3 atom stereocenters. The molecule has 0 spiro atoms. The lowest BCUT2D eigenvalue weighted by Gasteiger charge is -2.06. The third-order valence-corrected chi connectivity index (χ3v) is 6.37. The summed E-state index contributed by atoms with van der Waals surface area (Å²) in [6.45, 7) is 0. The van der Waals surface area contributed by atoms with Gasteiger partial charge in [0.1, 0.15) is 10.8 Å². The first-order chi connectivity index (χ1) is 10.4. The van der Waals surface area contributed by atoms with E-state index >= 15 is 0 Å². The van der Waals surface area contributed by atoms with Crippen LogP contribution in [0.15, 0.2) is 65.6 Å². The van der Waals surface area contributed by atoms with Crippen molar-refractivity contribution < 1.29 is 18.3 Å². The van der Waals surface area contributed by atoms with Crippen LogP contribution in [0.5, 0.6) is 0 Å². The van der Waals surface area contributed by atoms with Crippen molar-refractivity contribution in [1.29, 1.82) is 0 Å². The Morgan fingerprint density at radius 1 is 1.00 bits per heavy atom. The smallest absolute Gasteiger partial charge is 0.325 e. The standard InChI is InChI=1S/C16H15NO4S/c17-16(15(18)19)13(11-7-3-1-4-8-11)14(16)22(20,21)12-9-5-2-6-10-12/h1-10,13-14H,17H2,(H,18,19)/t13-,14+,16+/m0/s1. The minimum absolute atomic E-state index is 0.0921. The molecule has 5 nitrogen and oxygen atoms in total. The number of hydrogen-bond donors (Lipinski definition) is 2. The zero-order valence-corrected chi connectivity index (χ0v) is 12.4. The number of carboxylic acids is 1. The van der Waals surface area contributed by atoms with Crippen molar-refractivity contribution in [2.75, 3.05) is 0 Å². The number of sulfone groups is 1. The second kappa shape index (κ2) is 4.93. The molecule has 114 valence electrons. The normalized spacial score (nSPS) is 27.3.